The van der Waals surface area contributed by atoms with Gasteiger partial charge in [0.15, 0.2) is 0 Å². The van der Waals surface area contributed by atoms with E-state index in [-0.39, 0.29) is 16.5 Å². The van der Waals surface area contributed by atoms with Crippen LogP contribution in [0.15, 0.2) is 60.8 Å². The van der Waals surface area contributed by atoms with E-state index in [9.17, 15) is 9.18 Å². The number of hydrogen-bond donors (Lipinski definition) is 1. The fourth-order valence-corrected chi connectivity index (χ4v) is 2.90. The molecule has 0 aliphatic heterocycles. The zero-order chi connectivity index (χ0) is 18.7. The van der Waals surface area contributed by atoms with Crippen molar-refractivity contribution in [2.24, 2.45) is 0 Å². The SMILES string of the molecule is Cc1cc(-c2ccc(NC(=O)C(C)c3cccc(Cl)c3F)cc2)ccn1. The molecule has 132 valence electrons. The van der Waals surface area contributed by atoms with Gasteiger partial charge in [-0.15, -0.1) is 0 Å². The number of amides is 1. The lowest BCUT2D eigenvalue weighted by molar-refractivity contribution is -0.117. The van der Waals surface area contributed by atoms with Gasteiger partial charge in [0.2, 0.25) is 5.91 Å². The second kappa shape index (κ2) is 7.67. The Bertz CT molecular complexity index is 941. The Labute approximate surface area is 156 Å². The van der Waals surface area contributed by atoms with Crippen LogP contribution < -0.4 is 5.32 Å². The van der Waals surface area contributed by atoms with Crippen LogP contribution in [0.2, 0.25) is 5.02 Å². The third-order valence-electron chi connectivity index (χ3n) is 4.22. The highest BCUT2D eigenvalue weighted by molar-refractivity contribution is 6.30. The first-order chi connectivity index (χ1) is 12.5. The van der Waals surface area contributed by atoms with E-state index in [1.54, 1.807) is 25.3 Å². The number of benzene rings is 2. The van der Waals surface area contributed by atoms with Gasteiger partial charge in [0.25, 0.3) is 0 Å². The maximum Gasteiger partial charge on any atom is 0.231 e. The quantitative estimate of drug-likeness (QED) is 0.652. The molecular weight excluding hydrogens is 351 g/mol. The number of rotatable bonds is 4. The molecule has 0 fully saturated rings. The van der Waals surface area contributed by atoms with Crippen LogP contribution >= 0.6 is 11.6 Å². The predicted molar refractivity (Wildman–Crippen MR) is 103 cm³/mol. The first-order valence-corrected chi connectivity index (χ1v) is 8.61. The van der Waals surface area contributed by atoms with Crippen LogP contribution in [-0.4, -0.2) is 10.9 Å². The third kappa shape index (κ3) is 3.92. The summed E-state index contributed by atoms with van der Waals surface area (Å²) in [5.41, 5.74) is 3.96. The van der Waals surface area contributed by atoms with Crippen molar-refractivity contribution >= 4 is 23.2 Å². The average molecular weight is 369 g/mol. The van der Waals surface area contributed by atoms with Crippen LogP contribution in [0.1, 0.15) is 24.1 Å². The number of nitrogens with one attached hydrogen (secondary N) is 1. The number of pyridine rings is 1. The van der Waals surface area contributed by atoms with Crippen molar-refractivity contribution in [1.29, 1.82) is 0 Å². The Hall–Kier alpha value is -2.72. The summed E-state index contributed by atoms with van der Waals surface area (Å²) in [6.45, 7) is 3.59. The molecule has 0 aliphatic rings. The van der Waals surface area contributed by atoms with Crippen molar-refractivity contribution in [3.63, 3.8) is 0 Å². The van der Waals surface area contributed by atoms with E-state index in [1.165, 1.54) is 6.07 Å². The van der Waals surface area contributed by atoms with Gasteiger partial charge in [-0.2, -0.15) is 0 Å². The monoisotopic (exact) mass is 368 g/mol. The van der Waals surface area contributed by atoms with Gasteiger partial charge in [-0.25, -0.2) is 4.39 Å². The van der Waals surface area contributed by atoms with Crippen LogP contribution in [0.4, 0.5) is 10.1 Å². The molecule has 1 unspecified atom stereocenters. The molecule has 3 rings (SSSR count). The number of carbonyl (C=O) groups is 1. The minimum absolute atomic E-state index is 0.0131. The second-order valence-corrected chi connectivity index (χ2v) is 6.52. The van der Waals surface area contributed by atoms with Crippen LogP contribution in [0.3, 0.4) is 0 Å². The highest BCUT2D eigenvalue weighted by atomic mass is 35.5. The average Bonchev–Trinajstić information content (AvgIpc) is 2.64. The number of aryl methyl sites for hydroxylation is 1. The highest BCUT2D eigenvalue weighted by Crippen LogP contribution is 2.26. The lowest BCUT2D eigenvalue weighted by Gasteiger charge is -2.14. The van der Waals surface area contributed by atoms with Gasteiger partial charge >= 0.3 is 0 Å². The number of anilines is 1. The van der Waals surface area contributed by atoms with Gasteiger partial charge in [-0.05, 0) is 55.3 Å². The van der Waals surface area contributed by atoms with Crippen molar-refractivity contribution in [1.82, 2.24) is 4.98 Å². The van der Waals surface area contributed by atoms with Crippen LogP contribution in [0, 0.1) is 12.7 Å². The topological polar surface area (TPSA) is 42.0 Å². The van der Waals surface area contributed by atoms with E-state index < -0.39 is 11.7 Å². The molecule has 3 nitrogen and oxygen atoms in total. The van der Waals surface area contributed by atoms with Crippen molar-refractivity contribution < 1.29 is 9.18 Å². The molecular formula is C21H18ClFN2O. The Kier molecular flexibility index (Phi) is 5.33. The Morgan fingerprint density at radius 1 is 1.12 bits per heavy atom. The summed E-state index contributed by atoms with van der Waals surface area (Å²) in [4.78, 5) is 16.6. The molecule has 1 heterocycles. The Morgan fingerprint density at radius 3 is 2.54 bits per heavy atom. The van der Waals surface area contributed by atoms with E-state index in [1.807, 2.05) is 43.3 Å². The van der Waals surface area contributed by atoms with Crippen molar-refractivity contribution in [3.8, 4) is 11.1 Å². The standard InChI is InChI=1S/C21H18ClFN2O/c1-13-12-16(10-11-24-13)15-6-8-17(9-7-15)25-21(26)14(2)18-4-3-5-19(22)20(18)23/h3-12,14H,1-2H3,(H,25,26). The molecule has 0 aliphatic carbocycles. The number of halogens is 2. The summed E-state index contributed by atoms with van der Waals surface area (Å²) in [7, 11) is 0. The fourth-order valence-electron chi connectivity index (χ4n) is 2.72. The van der Waals surface area contributed by atoms with E-state index in [4.69, 9.17) is 11.6 Å². The van der Waals surface area contributed by atoms with Gasteiger partial charge in [0.1, 0.15) is 5.82 Å². The smallest absolute Gasteiger partial charge is 0.231 e. The summed E-state index contributed by atoms with van der Waals surface area (Å²) in [6, 6.07) is 16.1. The van der Waals surface area contributed by atoms with E-state index in [2.05, 4.69) is 10.3 Å². The minimum Gasteiger partial charge on any atom is -0.326 e. The van der Waals surface area contributed by atoms with Crippen LogP contribution in [-0.2, 0) is 4.79 Å². The number of carbonyl (C=O) groups excluding carboxylic acids is 1. The maximum absolute atomic E-state index is 14.1. The summed E-state index contributed by atoms with van der Waals surface area (Å²) in [5, 5.41) is 2.83. The molecule has 0 saturated carbocycles. The first kappa shape index (κ1) is 18.1. The lowest BCUT2D eigenvalue weighted by Crippen LogP contribution is -2.19. The Morgan fingerprint density at radius 2 is 1.85 bits per heavy atom. The normalized spacial score (nSPS) is 11.8. The van der Waals surface area contributed by atoms with E-state index in [0.29, 0.717) is 5.69 Å². The summed E-state index contributed by atoms with van der Waals surface area (Å²) >= 11 is 5.80. The molecule has 0 saturated heterocycles. The molecule has 26 heavy (non-hydrogen) atoms. The molecule has 0 radical (unpaired) electrons. The largest absolute Gasteiger partial charge is 0.326 e. The molecule has 3 aromatic rings. The van der Waals surface area contributed by atoms with Gasteiger partial charge in [0, 0.05) is 23.1 Å². The maximum atomic E-state index is 14.1. The fraction of sp³-hybridized carbons (Fsp3) is 0.143. The van der Waals surface area contributed by atoms with Crippen molar-refractivity contribution in [2.75, 3.05) is 5.32 Å². The van der Waals surface area contributed by atoms with Crippen LogP contribution in [0.25, 0.3) is 11.1 Å². The van der Waals surface area contributed by atoms with Gasteiger partial charge in [-0.1, -0.05) is 35.9 Å². The molecule has 1 N–H and O–H groups in total. The highest BCUT2D eigenvalue weighted by Gasteiger charge is 2.20. The predicted octanol–water partition coefficient (Wildman–Crippen LogP) is 5.59. The number of hydrogen-bond acceptors (Lipinski definition) is 2. The van der Waals surface area contributed by atoms with Crippen LogP contribution in [0.5, 0.6) is 0 Å². The third-order valence-corrected chi connectivity index (χ3v) is 4.52. The zero-order valence-corrected chi connectivity index (χ0v) is 15.2. The molecule has 1 amide bonds. The molecule has 5 heteroatoms. The zero-order valence-electron chi connectivity index (χ0n) is 14.5. The molecule has 1 aromatic heterocycles. The summed E-state index contributed by atoms with van der Waals surface area (Å²) in [6.07, 6.45) is 1.77. The van der Waals surface area contributed by atoms with Gasteiger partial charge in [0.05, 0.1) is 10.9 Å². The molecule has 0 spiro atoms. The molecule has 1 atom stereocenters. The van der Waals surface area contributed by atoms with Crippen molar-refractivity contribution in [3.05, 3.63) is 82.9 Å². The lowest BCUT2D eigenvalue weighted by atomic mass is 9.99. The minimum atomic E-state index is -0.656. The first-order valence-electron chi connectivity index (χ1n) is 8.23. The number of aromatic nitrogens is 1. The molecule has 2 aromatic carbocycles. The van der Waals surface area contributed by atoms with E-state index in [0.717, 1.165) is 16.8 Å². The van der Waals surface area contributed by atoms with Gasteiger partial charge in [-0.3, -0.25) is 9.78 Å². The van der Waals surface area contributed by atoms with E-state index >= 15 is 0 Å². The second-order valence-electron chi connectivity index (χ2n) is 6.12. The summed E-state index contributed by atoms with van der Waals surface area (Å²) in [5.74, 6) is -1.50. The van der Waals surface area contributed by atoms with Gasteiger partial charge < -0.3 is 5.32 Å². The Balaban J connectivity index is 1.74. The van der Waals surface area contributed by atoms with Crippen molar-refractivity contribution in [2.45, 2.75) is 19.8 Å². The number of nitrogens with zero attached hydrogens (tertiary/aromatic N) is 1. The molecule has 0 bridgehead atoms. The summed E-state index contributed by atoms with van der Waals surface area (Å²) < 4.78 is 14.1.